The van der Waals surface area contributed by atoms with Gasteiger partial charge in [0, 0.05) is 11.4 Å². The summed E-state index contributed by atoms with van der Waals surface area (Å²) in [5, 5.41) is 8.76. The van der Waals surface area contributed by atoms with Crippen molar-refractivity contribution in [3.05, 3.63) is 51.2 Å². The molecule has 0 aliphatic carbocycles. The summed E-state index contributed by atoms with van der Waals surface area (Å²) in [5.41, 5.74) is 0.0361. The van der Waals surface area contributed by atoms with Crippen LogP contribution in [0.15, 0.2) is 41.3 Å². The van der Waals surface area contributed by atoms with Crippen LogP contribution in [0, 0.1) is 0 Å². The summed E-state index contributed by atoms with van der Waals surface area (Å²) in [7, 11) is -3.67. The Morgan fingerprint density at radius 3 is 2.35 bits per heavy atom. The number of hydrogen-bond donors (Lipinski definition) is 2. The predicted octanol–water partition coefficient (Wildman–Crippen LogP) is 2.58. The third kappa shape index (κ3) is 3.57. The van der Waals surface area contributed by atoms with E-state index in [1.165, 1.54) is 35.6 Å². The minimum atomic E-state index is -3.67. The molecule has 0 bridgehead atoms. The molecule has 2 N–H and O–H groups in total. The fourth-order valence-electron chi connectivity index (χ4n) is 1.47. The molecule has 0 amide bonds. The van der Waals surface area contributed by atoms with Crippen LogP contribution in [0.3, 0.4) is 0 Å². The molecule has 0 aliphatic rings. The number of carboxylic acid groups (broad SMARTS) is 1. The van der Waals surface area contributed by atoms with Crippen molar-refractivity contribution in [2.45, 2.75) is 11.4 Å². The summed E-state index contributed by atoms with van der Waals surface area (Å²) in [6, 6.07) is 8.44. The number of benzene rings is 1. The monoisotopic (exact) mass is 331 g/mol. The molecule has 0 atom stereocenters. The summed E-state index contributed by atoms with van der Waals surface area (Å²) in [6.45, 7) is 0.139. The van der Waals surface area contributed by atoms with Gasteiger partial charge in [-0.3, -0.25) is 0 Å². The van der Waals surface area contributed by atoms with E-state index < -0.39 is 16.0 Å². The Kier molecular flexibility index (Phi) is 4.44. The van der Waals surface area contributed by atoms with E-state index in [-0.39, 0.29) is 17.0 Å². The first-order valence-corrected chi connectivity index (χ1v) is 8.13. The van der Waals surface area contributed by atoms with E-state index in [4.69, 9.17) is 16.7 Å². The molecule has 0 unspecified atom stereocenters. The Morgan fingerprint density at radius 1 is 1.20 bits per heavy atom. The second-order valence-corrected chi connectivity index (χ2v) is 7.43. The molecule has 0 spiro atoms. The number of halogens is 1. The van der Waals surface area contributed by atoms with Crippen molar-refractivity contribution in [2.24, 2.45) is 0 Å². The van der Waals surface area contributed by atoms with E-state index in [0.717, 1.165) is 4.88 Å². The molecule has 1 aromatic heterocycles. The fraction of sp³-hybridized carbons (Fsp3) is 0.0833. The van der Waals surface area contributed by atoms with Gasteiger partial charge in [0.2, 0.25) is 10.0 Å². The minimum absolute atomic E-state index is 0.0187. The smallest absolute Gasteiger partial charge is 0.335 e. The highest BCUT2D eigenvalue weighted by atomic mass is 35.5. The lowest BCUT2D eigenvalue weighted by Gasteiger charge is -2.05. The zero-order chi connectivity index (χ0) is 14.8. The zero-order valence-corrected chi connectivity index (χ0v) is 12.4. The zero-order valence-electron chi connectivity index (χ0n) is 10.0. The van der Waals surface area contributed by atoms with Crippen LogP contribution in [0.5, 0.6) is 0 Å². The van der Waals surface area contributed by atoms with Gasteiger partial charge in [-0.05, 0) is 36.4 Å². The molecule has 2 aromatic rings. The lowest BCUT2D eigenvalue weighted by molar-refractivity contribution is 0.0696. The number of aromatic carboxylic acids is 1. The van der Waals surface area contributed by atoms with Crippen LogP contribution in [0.1, 0.15) is 15.2 Å². The largest absolute Gasteiger partial charge is 0.478 e. The van der Waals surface area contributed by atoms with Crippen molar-refractivity contribution in [2.75, 3.05) is 0 Å². The van der Waals surface area contributed by atoms with Crippen molar-refractivity contribution in [1.29, 1.82) is 0 Å². The number of thiophene rings is 1. The standard InChI is InChI=1S/C12H10ClNO4S2/c13-11-6-3-9(19-11)7-14-20(17,18)10-4-1-8(2-5-10)12(15)16/h1-6,14H,7H2,(H,15,16). The number of carboxylic acids is 1. The molecule has 0 saturated heterocycles. The van der Waals surface area contributed by atoms with Crippen LogP contribution in [0.25, 0.3) is 0 Å². The minimum Gasteiger partial charge on any atom is -0.478 e. The molecule has 0 fully saturated rings. The predicted molar refractivity (Wildman–Crippen MR) is 76.8 cm³/mol. The molecular weight excluding hydrogens is 322 g/mol. The Labute approximate surface area is 124 Å². The molecule has 2 rings (SSSR count). The first-order valence-electron chi connectivity index (χ1n) is 5.46. The van der Waals surface area contributed by atoms with Gasteiger partial charge in [0.05, 0.1) is 14.8 Å². The van der Waals surface area contributed by atoms with Gasteiger partial charge in [0.25, 0.3) is 0 Å². The summed E-state index contributed by atoms with van der Waals surface area (Å²) >= 11 is 7.05. The quantitative estimate of drug-likeness (QED) is 0.882. The topological polar surface area (TPSA) is 83.5 Å². The maximum atomic E-state index is 12.0. The molecule has 8 heteroatoms. The maximum absolute atomic E-state index is 12.0. The van der Waals surface area contributed by atoms with Crippen LogP contribution >= 0.6 is 22.9 Å². The molecule has 0 aliphatic heterocycles. The van der Waals surface area contributed by atoms with Gasteiger partial charge in [-0.2, -0.15) is 0 Å². The van der Waals surface area contributed by atoms with Gasteiger partial charge < -0.3 is 5.11 Å². The van der Waals surface area contributed by atoms with E-state index in [0.29, 0.717) is 4.34 Å². The van der Waals surface area contributed by atoms with E-state index >= 15 is 0 Å². The first-order chi connectivity index (χ1) is 9.38. The number of rotatable bonds is 5. The Bertz CT molecular complexity index is 722. The van der Waals surface area contributed by atoms with E-state index in [2.05, 4.69) is 4.72 Å². The normalized spacial score (nSPS) is 11.4. The second kappa shape index (κ2) is 5.92. The maximum Gasteiger partial charge on any atom is 0.335 e. The highest BCUT2D eigenvalue weighted by Crippen LogP contribution is 2.21. The average molecular weight is 332 g/mol. The van der Waals surface area contributed by atoms with Crippen LogP contribution in [-0.4, -0.2) is 19.5 Å². The van der Waals surface area contributed by atoms with Gasteiger partial charge in [-0.15, -0.1) is 11.3 Å². The van der Waals surface area contributed by atoms with Crippen LogP contribution in [0.4, 0.5) is 0 Å². The molecule has 1 heterocycles. The van der Waals surface area contributed by atoms with Crippen molar-refractivity contribution in [3.63, 3.8) is 0 Å². The van der Waals surface area contributed by atoms with Crippen molar-refractivity contribution in [1.82, 2.24) is 4.72 Å². The molecule has 106 valence electrons. The number of sulfonamides is 1. The van der Waals surface area contributed by atoms with Gasteiger partial charge >= 0.3 is 5.97 Å². The van der Waals surface area contributed by atoms with E-state index in [1.807, 2.05) is 0 Å². The lowest BCUT2D eigenvalue weighted by atomic mass is 10.2. The Morgan fingerprint density at radius 2 is 1.85 bits per heavy atom. The average Bonchev–Trinajstić information content (AvgIpc) is 2.82. The summed E-state index contributed by atoms with van der Waals surface area (Å²) in [4.78, 5) is 11.5. The molecule has 5 nitrogen and oxygen atoms in total. The highest BCUT2D eigenvalue weighted by molar-refractivity contribution is 7.89. The Balaban J connectivity index is 2.11. The van der Waals surface area contributed by atoms with Crippen LogP contribution in [0.2, 0.25) is 4.34 Å². The van der Waals surface area contributed by atoms with Gasteiger partial charge in [0.1, 0.15) is 0 Å². The molecular formula is C12H10ClNO4S2. The molecule has 0 saturated carbocycles. The third-order valence-electron chi connectivity index (χ3n) is 2.48. The molecule has 1 aromatic carbocycles. The second-order valence-electron chi connectivity index (χ2n) is 3.86. The highest BCUT2D eigenvalue weighted by Gasteiger charge is 2.15. The van der Waals surface area contributed by atoms with Crippen molar-refractivity contribution in [3.8, 4) is 0 Å². The first kappa shape index (κ1) is 15.0. The number of hydrogen-bond acceptors (Lipinski definition) is 4. The van der Waals surface area contributed by atoms with Gasteiger partial charge in [-0.25, -0.2) is 17.9 Å². The van der Waals surface area contributed by atoms with Gasteiger partial charge in [0.15, 0.2) is 0 Å². The summed E-state index contributed by atoms with van der Waals surface area (Å²) in [6.07, 6.45) is 0. The SMILES string of the molecule is O=C(O)c1ccc(S(=O)(=O)NCc2ccc(Cl)s2)cc1. The third-order valence-corrected chi connectivity index (χ3v) is 5.13. The van der Waals surface area contributed by atoms with Crippen LogP contribution in [-0.2, 0) is 16.6 Å². The fourth-order valence-corrected chi connectivity index (χ4v) is 3.60. The number of nitrogens with one attached hydrogen (secondary N) is 1. The van der Waals surface area contributed by atoms with Crippen molar-refractivity contribution >= 4 is 38.9 Å². The lowest BCUT2D eigenvalue weighted by Crippen LogP contribution is -2.22. The van der Waals surface area contributed by atoms with Gasteiger partial charge in [-0.1, -0.05) is 11.6 Å². The van der Waals surface area contributed by atoms with Crippen LogP contribution < -0.4 is 4.72 Å². The number of carbonyl (C=O) groups is 1. The molecule has 20 heavy (non-hydrogen) atoms. The molecule has 0 radical (unpaired) electrons. The summed E-state index contributed by atoms with van der Waals surface area (Å²) < 4.78 is 27.0. The summed E-state index contributed by atoms with van der Waals surface area (Å²) in [5.74, 6) is -1.10. The van der Waals surface area contributed by atoms with E-state index in [1.54, 1.807) is 12.1 Å². The Hall–Kier alpha value is -1.41. The van der Waals surface area contributed by atoms with E-state index in [9.17, 15) is 13.2 Å². The van der Waals surface area contributed by atoms with Crippen molar-refractivity contribution < 1.29 is 18.3 Å².